The van der Waals surface area contributed by atoms with Gasteiger partial charge in [0, 0.05) is 42.3 Å². The summed E-state index contributed by atoms with van der Waals surface area (Å²) in [6.07, 6.45) is 8.65. The highest BCUT2D eigenvalue weighted by molar-refractivity contribution is 7.17. The molecule has 1 amide bonds. The number of carbonyl (C=O) groups is 1. The Morgan fingerprint density at radius 3 is 2.94 bits per heavy atom. The van der Waals surface area contributed by atoms with E-state index in [9.17, 15) is 4.79 Å². The van der Waals surface area contributed by atoms with Crippen molar-refractivity contribution in [2.45, 2.75) is 33.8 Å². The van der Waals surface area contributed by atoms with Gasteiger partial charge in [0.05, 0.1) is 18.8 Å². The normalized spacial score (nSPS) is 21.1. The topological polar surface area (TPSA) is 98.2 Å². The van der Waals surface area contributed by atoms with E-state index in [0.29, 0.717) is 6.54 Å². The zero-order chi connectivity index (χ0) is 23.0. The number of amides is 1. The average molecular weight is 446 g/mol. The van der Waals surface area contributed by atoms with Gasteiger partial charge < -0.3 is 30.7 Å². The number of terminal acetylenes is 1. The minimum atomic E-state index is -0.311. The highest BCUT2D eigenvalue weighted by Gasteiger charge is 2.34. The van der Waals surface area contributed by atoms with Crippen LogP contribution in [-0.4, -0.2) is 43.6 Å². The summed E-state index contributed by atoms with van der Waals surface area (Å²) in [5.41, 5.74) is 1.90. The van der Waals surface area contributed by atoms with Crippen molar-refractivity contribution in [3.05, 3.63) is 34.7 Å². The molecule has 1 aromatic rings. The first-order valence-electron chi connectivity index (χ1n) is 10.3. The zero-order valence-corrected chi connectivity index (χ0v) is 19.5. The smallest absolute Gasteiger partial charge is 0.286 e. The van der Waals surface area contributed by atoms with E-state index in [1.165, 1.54) is 0 Å². The number of hydrogen-bond acceptors (Lipinski definition) is 7. The number of rotatable bonds is 6. The molecule has 31 heavy (non-hydrogen) atoms. The molecule has 2 unspecified atom stereocenters. The lowest BCUT2D eigenvalue weighted by molar-refractivity contribution is -0.121. The van der Waals surface area contributed by atoms with Crippen LogP contribution in [-0.2, 0) is 9.53 Å². The second-order valence-corrected chi connectivity index (χ2v) is 7.79. The number of allylic oxidation sites excluding steroid dienone is 1. The van der Waals surface area contributed by atoms with Gasteiger partial charge in [0.1, 0.15) is 16.9 Å². The third-order valence-electron chi connectivity index (χ3n) is 4.67. The van der Waals surface area contributed by atoms with Gasteiger partial charge in [-0.1, -0.05) is 27.2 Å². The van der Waals surface area contributed by atoms with E-state index in [1.807, 2.05) is 39.8 Å². The van der Waals surface area contributed by atoms with Crippen molar-refractivity contribution in [2.24, 2.45) is 10.9 Å². The van der Waals surface area contributed by atoms with Crippen LogP contribution < -0.4 is 20.9 Å². The summed E-state index contributed by atoms with van der Waals surface area (Å²) in [7, 11) is 1.75. The summed E-state index contributed by atoms with van der Waals surface area (Å²) in [6, 6.07) is 4.44. The summed E-state index contributed by atoms with van der Waals surface area (Å²) in [6.45, 7) is 8.68. The van der Waals surface area contributed by atoms with E-state index in [0.717, 1.165) is 27.1 Å². The van der Waals surface area contributed by atoms with Crippen molar-refractivity contribution in [1.82, 2.24) is 10.6 Å². The van der Waals surface area contributed by atoms with Crippen molar-refractivity contribution in [2.75, 3.05) is 37.0 Å². The number of hydrogen-bond donors (Lipinski definition) is 4. The molecule has 1 aromatic heterocycles. The van der Waals surface area contributed by atoms with Crippen molar-refractivity contribution in [3.63, 3.8) is 0 Å². The third kappa shape index (κ3) is 5.60. The van der Waals surface area contributed by atoms with Crippen molar-refractivity contribution in [3.8, 4) is 12.5 Å². The molecular weight excluding hydrogens is 414 g/mol. The van der Waals surface area contributed by atoms with Crippen LogP contribution in [0.15, 0.2) is 34.8 Å². The van der Waals surface area contributed by atoms with Crippen LogP contribution in [0.5, 0.6) is 0 Å². The van der Waals surface area contributed by atoms with Crippen LogP contribution >= 0.6 is 11.3 Å². The maximum Gasteiger partial charge on any atom is 0.286 e. The first kappa shape index (κ1) is 24.3. The number of nitrogens with one attached hydrogen (secondary N) is 3. The molecule has 3 rings (SSSR count). The molecule has 4 N–H and O–H groups in total. The second kappa shape index (κ2) is 11.4. The summed E-state index contributed by atoms with van der Waals surface area (Å²) in [5, 5.41) is 18.7. The number of amidine groups is 1. The van der Waals surface area contributed by atoms with Crippen LogP contribution in [0, 0.1) is 18.4 Å². The van der Waals surface area contributed by atoms with E-state index >= 15 is 0 Å². The van der Waals surface area contributed by atoms with E-state index in [1.54, 1.807) is 24.6 Å². The number of nitrogens with zero attached hydrogens (tertiary/aromatic N) is 2. The number of thiophene rings is 1. The second-order valence-electron chi connectivity index (χ2n) is 6.73. The van der Waals surface area contributed by atoms with Crippen LogP contribution in [0.2, 0.25) is 0 Å². The lowest BCUT2D eigenvalue weighted by Crippen LogP contribution is -2.36. The van der Waals surface area contributed by atoms with E-state index in [2.05, 4.69) is 31.9 Å². The van der Waals surface area contributed by atoms with Gasteiger partial charge in [0.2, 0.25) is 0 Å². The number of anilines is 2. The van der Waals surface area contributed by atoms with Gasteiger partial charge in [-0.05, 0) is 19.1 Å². The van der Waals surface area contributed by atoms with E-state index in [4.69, 9.17) is 16.3 Å². The quantitative estimate of drug-likeness (QED) is 0.397. The van der Waals surface area contributed by atoms with E-state index < -0.39 is 0 Å². The fraction of sp³-hybridized carbons (Fsp3) is 0.455. The highest BCUT2D eigenvalue weighted by atomic mass is 32.1. The number of aliphatic imine (C=N–C) groups is 1. The SMILES string of the molecule is C#CN/C=C(/C)N1CC(=NC)Nc2cc(C3OC(C(=O)NCCO)=CC3C)sc21.CC. The summed E-state index contributed by atoms with van der Waals surface area (Å²) in [5.74, 6) is 0.863. The van der Waals surface area contributed by atoms with Gasteiger partial charge in [0.25, 0.3) is 5.91 Å². The van der Waals surface area contributed by atoms with Crippen LogP contribution in [0.4, 0.5) is 10.7 Å². The summed E-state index contributed by atoms with van der Waals surface area (Å²) >= 11 is 1.61. The molecule has 0 saturated heterocycles. The Morgan fingerprint density at radius 1 is 1.55 bits per heavy atom. The Bertz CT molecular complexity index is 913. The molecule has 0 saturated carbocycles. The Morgan fingerprint density at radius 2 is 2.29 bits per heavy atom. The van der Waals surface area contributed by atoms with Gasteiger partial charge in [0.15, 0.2) is 5.76 Å². The molecule has 9 heteroatoms. The number of fused-ring (bicyclic) bond motifs is 1. The van der Waals surface area contributed by atoms with Crippen LogP contribution in [0.1, 0.15) is 38.7 Å². The van der Waals surface area contributed by atoms with Crippen LogP contribution in [0.3, 0.4) is 0 Å². The fourth-order valence-electron chi connectivity index (χ4n) is 3.19. The Kier molecular flexibility index (Phi) is 8.97. The van der Waals surface area contributed by atoms with Gasteiger partial charge in [-0.2, -0.15) is 0 Å². The molecule has 2 atom stereocenters. The third-order valence-corrected chi connectivity index (χ3v) is 5.89. The minimum absolute atomic E-state index is 0.0393. The zero-order valence-electron chi connectivity index (χ0n) is 18.7. The van der Waals surface area contributed by atoms with Crippen molar-refractivity contribution < 1.29 is 14.6 Å². The maximum atomic E-state index is 12.2. The number of ether oxygens (including phenoxy) is 1. The monoisotopic (exact) mass is 445 g/mol. The molecule has 0 aliphatic carbocycles. The maximum absolute atomic E-state index is 12.2. The lowest BCUT2D eigenvalue weighted by Gasteiger charge is -2.30. The molecular formula is C22H31N5O3S. The number of aliphatic hydroxyl groups is 1. The molecule has 3 heterocycles. The summed E-state index contributed by atoms with van der Waals surface area (Å²) in [4.78, 5) is 19.6. The van der Waals surface area contributed by atoms with Crippen molar-refractivity contribution in [1.29, 1.82) is 0 Å². The van der Waals surface area contributed by atoms with Gasteiger partial charge >= 0.3 is 0 Å². The summed E-state index contributed by atoms with van der Waals surface area (Å²) < 4.78 is 5.96. The molecule has 0 fully saturated rings. The molecule has 0 radical (unpaired) electrons. The van der Waals surface area contributed by atoms with E-state index in [-0.39, 0.29) is 36.8 Å². The lowest BCUT2D eigenvalue weighted by atomic mass is 10.0. The van der Waals surface area contributed by atoms with Gasteiger partial charge in [-0.25, -0.2) is 0 Å². The Labute approximate surface area is 188 Å². The fourth-order valence-corrected chi connectivity index (χ4v) is 4.51. The Hall–Kier alpha value is -2.96. The Balaban J connectivity index is 0.00000166. The minimum Gasteiger partial charge on any atom is -0.479 e. The first-order valence-corrected chi connectivity index (χ1v) is 11.1. The molecule has 0 spiro atoms. The molecule has 0 aromatic carbocycles. The number of carbonyl (C=O) groups excluding carboxylic acids is 1. The van der Waals surface area contributed by atoms with Crippen molar-refractivity contribution >= 4 is 33.8 Å². The number of aliphatic hydroxyl groups excluding tert-OH is 1. The predicted molar refractivity (Wildman–Crippen MR) is 127 cm³/mol. The molecule has 0 bridgehead atoms. The van der Waals surface area contributed by atoms with Gasteiger partial charge in [-0.3, -0.25) is 9.79 Å². The highest BCUT2D eigenvalue weighted by Crippen LogP contribution is 2.47. The first-order chi connectivity index (χ1) is 15.0. The molecule has 2 aliphatic rings. The average Bonchev–Trinajstić information content (AvgIpc) is 3.39. The standard InChI is InChI=1S/C20H25N5O3S.C2H6/c1-5-22-10-13(3)25-11-17(21-4)24-14-9-16(29-20(14)25)18-12(2)8-15(28-18)19(27)23-6-7-26;1-2/h1,8-10,12,18,22,26H,6-7,11H2,2-4H3,(H,21,24)(H,23,27);1-2H3/b13-10-;. The van der Waals surface area contributed by atoms with Gasteiger partial charge in [-0.15, -0.1) is 11.3 Å². The molecule has 2 aliphatic heterocycles. The largest absolute Gasteiger partial charge is 0.479 e. The van der Waals surface area contributed by atoms with Crippen LogP contribution in [0.25, 0.3) is 0 Å². The predicted octanol–water partition coefficient (Wildman–Crippen LogP) is 2.78. The molecule has 168 valence electrons. The molecule has 8 nitrogen and oxygen atoms in total.